The fraction of sp³-hybridized carbons (Fsp3) is 0.571. The smallest absolute Gasteiger partial charge is 0.268 e. The van der Waals surface area contributed by atoms with Crippen molar-refractivity contribution in [2.24, 2.45) is 30.7 Å². The summed E-state index contributed by atoms with van der Waals surface area (Å²) in [5, 5.41) is 8.52. The molecule has 1 N–H and O–H groups in total. The average molecular weight is 568 g/mol. The van der Waals surface area contributed by atoms with Crippen LogP contribution in [0.4, 0.5) is 5.82 Å². The predicted octanol–water partition coefficient (Wildman–Crippen LogP) is 3.56. The number of rotatable bonds is 10. The monoisotopic (exact) mass is 567 g/mol. The third-order valence-corrected chi connectivity index (χ3v) is 9.62. The molecule has 6 rings (SSSR count). The molecule has 12 heteroatoms. The van der Waals surface area contributed by atoms with Crippen LogP contribution in [-0.2, 0) is 17.1 Å². The molecular weight excluding hydrogens is 530 g/mol. The van der Waals surface area contributed by atoms with Crippen LogP contribution < -0.4 is 14.4 Å². The van der Waals surface area contributed by atoms with Gasteiger partial charge in [0.1, 0.15) is 10.7 Å². The number of hydrogen-bond donors (Lipinski definition) is 1. The lowest BCUT2D eigenvalue weighted by Gasteiger charge is -2.34. The van der Waals surface area contributed by atoms with Gasteiger partial charge in [-0.25, -0.2) is 22.8 Å². The van der Waals surface area contributed by atoms with Gasteiger partial charge in [0.05, 0.1) is 18.4 Å². The lowest BCUT2D eigenvalue weighted by molar-refractivity contribution is 0.0981. The van der Waals surface area contributed by atoms with Gasteiger partial charge in [-0.15, -0.1) is 5.10 Å². The molecule has 3 aliphatic rings. The highest BCUT2D eigenvalue weighted by molar-refractivity contribution is 7.90. The summed E-state index contributed by atoms with van der Waals surface area (Å²) in [6, 6.07) is 5.13. The van der Waals surface area contributed by atoms with Crippen molar-refractivity contribution in [3.8, 4) is 11.7 Å². The number of sulfonamides is 1. The first-order valence-corrected chi connectivity index (χ1v) is 15.5. The van der Waals surface area contributed by atoms with Crippen LogP contribution in [0.1, 0.15) is 63.2 Å². The highest BCUT2D eigenvalue weighted by Crippen LogP contribution is 2.49. The fourth-order valence-electron chi connectivity index (χ4n) is 6.08. The Kier molecular flexibility index (Phi) is 6.63. The molecule has 0 radical (unpaired) electrons. The lowest BCUT2D eigenvalue weighted by atomic mass is 9.97. The van der Waals surface area contributed by atoms with Crippen molar-refractivity contribution in [2.45, 2.75) is 63.3 Å². The van der Waals surface area contributed by atoms with Gasteiger partial charge >= 0.3 is 0 Å². The minimum Gasteiger partial charge on any atom is -0.476 e. The van der Waals surface area contributed by atoms with Crippen molar-refractivity contribution in [2.75, 3.05) is 18.1 Å². The van der Waals surface area contributed by atoms with E-state index in [2.05, 4.69) is 40.6 Å². The number of hydrogen-bond acceptors (Lipinski definition) is 8. The van der Waals surface area contributed by atoms with Gasteiger partial charge in [-0.1, -0.05) is 6.92 Å². The van der Waals surface area contributed by atoms with Gasteiger partial charge < -0.3 is 9.64 Å². The van der Waals surface area contributed by atoms with Crippen molar-refractivity contribution >= 4 is 21.7 Å². The van der Waals surface area contributed by atoms with Crippen LogP contribution in [0.5, 0.6) is 5.88 Å². The van der Waals surface area contributed by atoms with Crippen LogP contribution in [-0.4, -0.2) is 57.6 Å². The van der Waals surface area contributed by atoms with Gasteiger partial charge in [0.15, 0.2) is 5.82 Å². The minimum atomic E-state index is -4.11. The molecule has 1 aliphatic heterocycles. The molecule has 1 amide bonds. The Morgan fingerprint density at radius 2 is 1.90 bits per heavy atom. The molecule has 0 spiro atoms. The topological polar surface area (TPSA) is 124 Å². The Balaban J connectivity index is 1.27. The molecule has 2 aliphatic carbocycles. The first-order valence-electron chi connectivity index (χ1n) is 14.0. The van der Waals surface area contributed by atoms with Crippen LogP contribution in [0.2, 0.25) is 0 Å². The molecule has 214 valence electrons. The number of ether oxygens (including phenoxy) is 1. The summed E-state index contributed by atoms with van der Waals surface area (Å²) >= 11 is 0. The molecule has 11 nitrogen and oxygen atoms in total. The number of aromatic nitrogens is 5. The van der Waals surface area contributed by atoms with Crippen LogP contribution in [0.25, 0.3) is 5.82 Å². The van der Waals surface area contributed by atoms with E-state index in [0.29, 0.717) is 42.5 Å². The fourth-order valence-corrected chi connectivity index (χ4v) is 7.03. The first kappa shape index (κ1) is 26.8. The minimum absolute atomic E-state index is 0.0840. The third-order valence-electron chi connectivity index (χ3n) is 8.33. The van der Waals surface area contributed by atoms with Crippen molar-refractivity contribution in [3.63, 3.8) is 0 Å². The predicted molar refractivity (Wildman–Crippen MR) is 149 cm³/mol. The number of aryl methyl sites for hydroxylation is 1. The zero-order valence-corrected chi connectivity index (χ0v) is 24.3. The van der Waals surface area contributed by atoms with E-state index in [-0.39, 0.29) is 16.0 Å². The molecule has 3 aromatic heterocycles. The van der Waals surface area contributed by atoms with Gasteiger partial charge in [0, 0.05) is 37.6 Å². The summed E-state index contributed by atoms with van der Waals surface area (Å²) in [7, 11) is -2.49. The summed E-state index contributed by atoms with van der Waals surface area (Å²) in [4.78, 5) is 20.3. The van der Waals surface area contributed by atoms with Crippen molar-refractivity contribution in [1.29, 1.82) is 0 Å². The molecule has 1 saturated heterocycles. The maximum Gasteiger partial charge on any atom is 0.268 e. The quantitative estimate of drug-likeness (QED) is 0.394. The number of amides is 1. The summed E-state index contributed by atoms with van der Waals surface area (Å²) in [6.45, 7) is 7.75. The molecule has 3 fully saturated rings. The molecule has 2 saturated carbocycles. The molecular formula is C28H37N7O4S. The summed E-state index contributed by atoms with van der Waals surface area (Å²) in [5.74, 6) is 3.34. The number of carbonyl (C=O) groups excluding carboxylic acids is 1. The van der Waals surface area contributed by atoms with Gasteiger partial charge in [0.25, 0.3) is 15.9 Å². The number of nitrogens with one attached hydrogen (secondary N) is 1. The van der Waals surface area contributed by atoms with Gasteiger partial charge in [-0.05, 0) is 81.8 Å². The van der Waals surface area contributed by atoms with Crippen molar-refractivity contribution in [3.05, 3.63) is 42.4 Å². The van der Waals surface area contributed by atoms with Crippen molar-refractivity contribution in [1.82, 2.24) is 29.3 Å². The van der Waals surface area contributed by atoms with E-state index in [4.69, 9.17) is 9.72 Å². The Hall–Kier alpha value is -3.41. The van der Waals surface area contributed by atoms with E-state index in [1.807, 2.05) is 6.07 Å². The number of pyridine rings is 1. The number of carbonyl (C=O) groups is 1. The highest BCUT2D eigenvalue weighted by atomic mass is 32.2. The van der Waals surface area contributed by atoms with E-state index in [1.165, 1.54) is 42.8 Å². The molecule has 1 atom stereocenters. The zero-order valence-electron chi connectivity index (χ0n) is 23.4. The molecule has 0 unspecified atom stereocenters. The third kappa shape index (κ3) is 5.45. The van der Waals surface area contributed by atoms with Gasteiger partial charge in [-0.2, -0.15) is 5.10 Å². The second-order valence-corrected chi connectivity index (χ2v) is 14.0. The van der Waals surface area contributed by atoms with Crippen LogP contribution in [0.3, 0.4) is 0 Å². The van der Waals surface area contributed by atoms with Crippen LogP contribution >= 0.6 is 0 Å². The number of nitrogens with zero attached hydrogens (tertiary/aromatic N) is 6. The van der Waals surface area contributed by atoms with E-state index < -0.39 is 15.9 Å². The Morgan fingerprint density at radius 1 is 1.18 bits per heavy atom. The average Bonchev–Trinajstić information content (AvgIpc) is 3.79. The first-order chi connectivity index (χ1) is 19.0. The highest BCUT2D eigenvalue weighted by Gasteiger charge is 2.42. The standard InChI is InChI=1S/C28H37N7O4S/c1-18-13-28(2,3)34(15-18)26-22(27(36)32-40(37,38)21-14-29-33(4)16-21)9-10-24(30-26)35-12-11-25(31-35)39-17-23(19-5-6-19)20-7-8-20/h9-12,14,16,18-20,23H,5-8,13,15,17H2,1-4H3,(H,32,36)/t18-/m0/s1. The summed E-state index contributed by atoms with van der Waals surface area (Å²) in [5.41, 5.74) is -0.0971. The maximum absolute atomic E-state index is 13.4. The zero-order chi connectivity index (χ0) is 28.2. The normalized spacial score (nSPS) is 20.7. The SMILES string of the molecule is C[C@@H]1CN(c2nc(-n3ccc(OCC(C4CC4)C4CC4)n3)ccc2C(=O)NS(=O)(=O)c2cnn(C)c2)C(C)(C)C1. The number of anilines is 1. The summed E-state index contributed by atoms with van der Waals surface area (Å²) in [6.07, 6.45) is 10.5. The Labute approximate surface area is 235 Å². The Bertz CT molecular complexity index is 1510. The molecule has 0 aromatic carbocycles. The van der Waals surface area contributed by atoms with Crippen LogP contribution in [0.15, 0.2) is 41.7 Å². The van der Waals surface area contributed by atoms with E-state index in [1.54, 1.807) is 30.1 Å². The van der Waals surface area contributed by atoms with Gasteiger partial charge in [-0.3, -0.25) is 9.48 Å². The molecule has 40 heavy (non-hydrogen) atoms. The lowest BCUT2D eigenvalue weighted by Crippen LogP contribution is -2.41. The second-order valence-electron chi connectivity index (χ2n) is 12.3. The largest absolute Gasteiger partial charge is 0.476 e. The van der Waals surface area contributed by atoms with E-state index in [9.17, 15) is 13.2 Å². The van der Waals surface area contributed by atoms with E-state index in [0.717, 1.165) is 18.3 Å². The van der Waals surface area contributed by atoms with E-state index >= 15 is 0 Å². The molecule has 0 bridgehead atoms. The van der Waals surface area contributed by atoms with Gasteiger partial charge in [0.2, 0.25) is 5.88 Å². The molecule has 4 heterocycles. The van der Waals surface area contributed by atoms with Crippen molar-refractivity contribution < 1.29 is 17.9 Å². The molecule has 3 aromatic rings. The maximum atomic E-state index is 13.4. The summed E-state index contributed by atoms with van der Waals surface area (Å²) < 4.78 is 37.1. The second kappa shape index (κ2) is 9.90. The Morgan fingerprint density at radius 3 is 2.50 bits per heavy atom. The van der Waals surface area contributed by atoms with Crippen LogP contribution in [0, 0.1) is 23.7 Å².